The zero-order chi connectivity index (χ0) is 31.6. The summed E-state index contributed by atoms with van der Waals surface area (Å²) in [6.45, 7) is 13.9. The number of unbranched alkanes of at least 4 members (excludes halogenated alkanes) is 5. The molecule has 1 saturated carbocycles. The molecule has 3 unspecified atom stereocenters. The van der Waals surface area contributed by atoms with Crippen molar-refractivity contribution in [1.29, 1.82) is 0 Å². The third-order valence-electron chi connectivity index (χ3n) is 7.10. The van der Waals surface area contributed by atoms with E-state index in [1.54, 1.807) is 0 Å². The molecule has 0 heterocycles. The number of methoxy groups -OCH3 is 1. The highest BCUT2D eigenvalue weighted by atomic mass is 28.4. The number of aliphatic hydroxyl groups is 1. The average molecular weight is 646 g/mol. The SMILES string of the molecule is COC(=O)C=CC(=O)NCCCCCCCCC(=O)OC1CC(CCC[SiH2]C(O[Si](C)(C)C)O[Si](C)(C)C)CCC1O. The van der Waals surface area contributed by atoms with Crippen LogP contribution >= 0.6 is 0 Å². The van der Waals surface area contributed by atoms with E-state index in [1.807, 2.05) is 0 Å². The fraction of sp³-hybridized carbons (Fsp3) is 0.833. The van der Waals surface area contributed by atoms with Gasteiger partial charge in [0.25, 0.3) is 0 Å². The molecule has 1 aliphatic carbocycles. The summed E-state index contributed by atoms with van der Waals surface area (Å²) in [4.78, 5) is 35.0. The number of nitrogens with one attached hydrogen (secondary N) is 1. The van der Waals surface area contributed by atoms with E-state index >= 15 is 0 Å². The molecule has 0 saturated heterocycles. The van der Waals surface area contributed by atoms with Crippen LogP contribution in [0, 0.1) is 5.92 Å². The van der Waals surface area contributed by atoms with Crippen molar-refractivity contribution in [3.05, 3.63) is 12.2 Å². The lowest BCUT2D eigenvalue weighted by atomic mass is 9.83. The maximum atomic E-state index is 12.5. The fourth-order valence-electron chi connectivity index (χ4n) is 5.07. The molecular weight excluding hydrogens is 587 g/mol. The summed E-state index contributed by atoms with van der Waals surface area (Å²) < 4.78 is 22.9. The Morgan fingerprint density at radius 1 is 0.905 bits per heavy atom. The molecule has 0 aliphatic heterocycles. The van der Waals surface area contributed by atoms with Crippen LogP contribution in [-0.2, 0) is 32.7 Å². The van der Waals surface area contributed by atoms with Gasteiger partial charge in [-0.2, -0.15) is 0 Å². The van der Waals surface area contributed by atoms with Gasteiger partial charge >= 0.3 is 11.9 Å². The second-order valence-electron chi connectivity index (χ2n) is 13.5. The zero-order valence-electron chi connectivity index (χ0n) is 27.4. The van der Waals surface area contributed by atoms with Crippen LogP contribution in [0.2, 0.25) is 45.3 Å². The predicted molar refractivity (Wildman–Crippen MR) is 175 cm³/mol. The predicted octanol–water partition coefficient (Wildman–Crippen LogP) is 4.99. The number of carbonyl (C=O) groups excluding carboxylic acids is 3. The number of amides is 1. The van der Waals surface area contributed by atoms with Gasteiger partial charge in [0.1, 0.15) is 12.0 Å². The molecule has 3 atom stereocenters. The molecule has 12 heteroatoms. The Bertz CT molecular complexity index is 812. The summed E-state index contributed by atoms with van der Waals surface area (Å²) in [7, 11) is -2.52. The number of hydrogen-bond donors (Lipinski definition) is 2. The molecule has 0 aromatic heterocycles. The van der Waals surface area contributed by atoms with Crippen molar-refractivity contribution in [3.8, 4) is 0 Å². The van der Waals surface area contributed by atoms with Gasteiger partial charge in [0.15, 0.2) is 16.6 Å². The van der Waals surface area contributed by atoms with Gasteiger partial charge in [0.2, 0.25) is 5.91 Å². The van der Waals surface area contributed by atoms with Crippen LogP contribution in [0.15, 0.2) is 12.2 Å². The topological polar surface area (TPSA) is 120 Å². The number of hydrogen-bond acceptors (Lipinski definition) is 8. The van der Waals surface area contributed by atoms with Gasteiger partial charge in [0, 0.05) is 25.1 Å². The molecule has 0 radical (unpaired) electrons. The summed E-state index contributed by atoms with van der Waals surface area (Å²) in [6.07, 6.45) is 12.0. The van der Waals surface area contributed by atoms with Crippen LogP contribution in [-0.4, -0.2) is 80.9 Å². The molecule has 0 aromatic rings. The smallest absolute Gasteiger partial charge is 0.330 e. The molecule has 9 nitrogen and oxygen atoms in total. The fourth-order valence-corrected chi connectivity index (χ4v) is 11.7. The number of carbonyl (C=O) groups is 3. The van der Waals surface area contributed by atoms with Crippen molar-refractivity contribution in [2.24, 2.45) is 5.92 Å². The van der Waals surface area contributed by atoms with Crippen molar-refractivity contribution in [3.63, 3.8) is 0 Å². The quantitative estimate of drug-likeness (QED) is 0.0589. The molecule has 244 valence electrons. The second-order valence-corrected chi connectivity index (χ2v) is 24.3. The van der Waals surface area contributed by atoms with E-state index in [9.17, 15) is 19.5 Å². The molecule has 1 aliphatic rings. The van der Waals surface area contributed by atoms with Crippen LogP contribution in [0.3, 0.4) is 0 Å². The van der Waals surface area contributed by atoms with Crippen LogP contribution < -0.4 is 5.32 Å². The molecule has 0 aromatic carbocycles. The van der Waals surface area contributed by atoms with E-state index in [0.29, 0.717) is 25.3 Å². The summed E-state index contributed by atoms with van der Waals surface area (Å²) >= 11 is 0. The lowest BCUT2D eigenvalue weighted by Crippen LogP contribution is -2.43. The Hall–Kier alpha value is -1.32. The third kappa shape index (κ3) is 20.6. The first-order chi connectivity index (χ1) is 19.7. The highest BCUT2D eigenvalue weighted by Crippen LogP contribution is 2.31. The summed E-state index contributed by atoms with van der Waals surface area (Å²) in [5.41, 5.74) is 0. The Balaban J connectivity index is 2.20. The monoisotopic (exact) mass is 645 g/mol. The van der Waals surface area contributed by atoms with Crippen LogP contribution in [0.4, 0.5) is 0 Å². The molecule has 0 spiro atoms. The Kier molecular flexibility index (Phi) is 19.0. The van der Waals surface area contributed by atoms with Gasteiger partial charge in [-0.25, -0.2) is 4.79 Å². The minimum Gasteiger partial charge on any atom is -0.466 e. The minimum absolute atomic E-state index is 0.0287. The highest BCUT2D eigenvalue weighted by Gasteiger charge is 2.32. The van der Waals surface area contributed by atoms with Crippen LogP contribution in [0.1, 0.15) is 77.0 Å². The van der Waals surface area contributed by atoms with Crippen LogP contribution in [0.5, 0.6) is 0 Å². The lowest BCUT2D eigenvalue weighted by Gasteiger charge is -2.33. The van der Waals surface area contributed by atoms with Crippen molar-refractivity contribution >= 4 is 44.0 Å². The summed E-state index contributed by atoms with van der Waals surface area (Å²) in [6, 6.07) is 1.19. The molecule has 0 bridgehead atoms. The lowest BCUT2D eigenvalue weighted by molar-refractivity contribution is -0.159. The number of aliphatic hydroxyl groups excluding tert-OH is 1. The Labute approximate surface area is 258 Å². The molecule has 1 amide bonds. The average Bonchev–Trinajstić information content (AvgIpc) is 2.88. The Morgan fingerprint density at radius 2 is 1.52 bits per heavy atom. The normalized spacial score (nSPS) is 20.0. The molecule has 1 rings (SSSR count). The summed E-state index contributed by atoms with van der Waals surface area (Å²) in [5, 5.41) is 13.2. The summed E-state index contributed by atoms with van der Waals surface area (Å²) in [5.74, 6) is -0.547. The van der Waals surface area contributed by atoms with E-state index in [0.717, 1.165) is 70.3 Å². The van der Waals surface area contributed by atoms with E-state index < -0.39 is 38.2 Å². The van der Waals surface area contributed by atoms with E-state index in [1.165, 1.54) is 19.2 Å². The van der Waals surface area contributed by atoms with Crippen molar-refractivity contribution in [1.82, 2.24) is 5.32 Å². The first kappa shape index (κ1) is 38.7. The van der Waals surface area contributed by atoms with Gasteiger partial charge < -0.3 is 28.7 Å². The molecule has 42 heavy (non-hydrogen) atoms. The van der Waals surface area contributed by atoms with E-state index in [-0.39, 0.29) is 23.9 Å². The van der Waals surface area contributed by atoms with E-state index in [4.69, 9.17) is 13.6 Å². The molecule has 1 fully saturated rings. The van der Waals surface area contributed by atoms with E-state index in [2.05, 4.69) is 49.3 Å². The zero-order valence-corrected chi connectivity index (χ0v) is 30.8. The molecular formula is C30H59NO8Si3. The van der Waals surface area contributed by atoms with Crippen molar-refractivity contribution < 1.29 is 37.8 Å². The first-order valence-electron chi connectivity index (χ1n) is 16.0. The largest absolute Gasteiger partial charge is 0.466 e. The second kappa shape index (κ2) is 20.6. The highest BCUT2D eigenvalue weighted by molar-refractivity contribution is 6.71. The number of rotatable bonds is 21. The van der Waals surface area contributed by atoms with Crippen LogP contribution in [0.25, 0.3) is 0 Å². The van der Waals surface area contributed by atoms with Crippen molar-refractivity contribution in [2.45, 2.75) is 140 Å². The third-order valence-corrected chi connectivity index (χ3v) is 11.4. The van der Waals surface area contributed by atoms with Gasteiger partial charge in [-0.1, -0.05) is 44.6 Å². The molecule has 2 N–H and O–H groups in total. The maximum absolute atomic E-state index is 12.5. The minimum atomic E-state index is -1.65. The standard InChI is InChI=1S/C30H59NO8Si3/c1-36-28(34)20-19-27(33)31-21-13-11-9-8-10-12-16-29(35)37-26-23-24(17-18-25(26)32)15-14-22-40-30(38-41(2,3)4)39-42(5,6)7/h19-20,24-26,30,32H,8-18,21-23,40H2,1-7H3,(H,31,33). The number of ether oxygens (including phenoxy) is 2. The maximum Gasteiger partial charge on any atom is 0.330 e. The van der Waals surface area contributed by atoms with Crippen molar-refractivity contribution in [2.75, 3.05) is 13.7 Å². The van der Waals surface area contributed by atoms with Gasteiger partial charge in [-0.3, -0.25) is 9.59 Å². The first-order valence-corrected chi connectivity index (χ1v) is 24.6. The van der Waals surface area contributed by atoms with Gasteiger partial charge in [0.05, 0.1) is 22.7 Å². The Morgan fingerprint density at radius 3 is 2.14 bits per heavy atom. The van der Waals surface area contributed by atoms with Gasteiger partial charge in [-0.05, 0) is 77.3 Å². The number of esters is 2. The van der Waals surface area contributed by atoms with Gasteiger partial charge in [-0.15, -0.1) is 0 Å².